The van der Waals surface area contributed by atoms with Gasteiger partial charge in [0.1, 0.15) is 22.0 Å². The van der Waals surface area contributed by atoms with E-state index in [1.807, 2.05) is 19.1 Å². The van der Waals surface area contributed by atoms with E-state index < -0.39 is 23.4 Å². The third kappa shape index (κ3) is 5.67. The molecule has 0 amide bonds. The van der Waals surface area contributed by atoms with Crippen LogP contribution in [0, 0.1) is 0 Å². The second-order valence-electron chi connectivity index (χ2n) is 8.96. The number of rotatable bonds is 10. The molecule has 10 heteroatoms. The smallest absolute Gasteiger partial charge is 0.338 e. The summed E-state index contributed by atoms with van der Waals surface area (Å²) in [5.41, 5.74) is 7.63. The Morgan fingerprint density at radius 3 is 2.10 bits per heavy atom. The number of nitrogens with zero attached hydrogens (tertiary/aromatic N) is 1. The highest BCUT2D eigenvalue weighted by Crippen LogP contribution is 2.38. The molecule has 3 aromatic rings. The molecule has 210 valence electrons. The fraction of sp³-hybridized carbons (Fsp3) is 0.300. The van der Waals surface area contributed by atoms with Crippen LogP contribution in [0.5, 0.6) is 11.5 Å². The van der Waals surface area contributed by atoms with Crippen LogP contribution in [0.25, 0.3) is 17.5 Å². The lowest BCUT2D eigenvalue weighted by atomic mass is 9.83. The predicted molar refractivity (Wildman–Crippen MR) is 153 cm³/mol. The van der Waals surface area contributed by atoms with Crippen LogP contribution in [0.2, 0.25) is 0 Å². The molecule has 1 atom stereocenters. The first kappa shape index (κ1) is 28.7. The molecule has 0 aliphatic carbocycles. The molecule has 2 N–H and O–H groups in total. The van der Waals surface area contributed by atoms with Crippen molar-refractivity contribution in [1.29, 1.82) is 0 Å². The van der Waals surface area contributed by atoms with Crippen LogP contribution in [0.1, 0.15) is 43.7 Å². The summed E-state index contributed by atoms with van der Waals surface area (Å²) in [6.45, 7) is 3.96. The molecule has 2 aromatic carbocycles. The number of thiazole rings is 1. The molecule has 1 aliphatic heterocycles. The summed E-state index contributed by atoms with van der Waals surface area (Å²) in [6, 6.07) is 14.2. The highest BCUT2D eigenvalue weighted by atomic mass is 32.1. The molecule has 0 saturated carbocycles. The SMILES string of the molecule is CCCCOC(=O)C1=C(N)n2c(s/c(=C\c3ccc(OC)cc3)c2=O)=C(C(=O)OCC)[C@@H]1c1ccc(OC)cc1. The van der Waals surface area contributed by atoms with E-state index in [0.717, 1.165) is 23.3 Å². The monoisotopic (exact) mass is 564 g/mol. The molecule has 0 spiro atoms. The van der Waals surface area contributed by atoms with Gasteiger partial charge in [0.25, 0.3) is 5.56 Å². The van der Waals surface area contributed by atoms with Crippen molar-refractivity contribution in [2.75, 3.05) is 27.4 Å². The minimum absolute atomic E-state index is 0.00715. The lowest BCUT2D eigenvalue weighted by Crippen LogP contribution is -2.42. The third-order valence-corrected chi connectivity index (χ3v) is 7.57. The summed E-state index contributed by atoms with van der Waals surface area (Å²) in [4.78, 5) is 40.7. The number of benzene rings is 2. The number of methoxy groups -OCH3 is 2. The topological polar surface area (TPSA) is 119 Å². The highest BCUT2D eigenvalue weighted by molar-refractivity contribution is 7.07. The van der Waals surface area contributed by atoms with Gasteiger partial charge in [0.05, 0.1) is 49.0 Å². The van der Waals surface area contributed by atoms with E-state index in [1.165, 1.54) is 4.57 Å². The number of ether oxygens (including phenoxy) is 4. The molecule has 1 aliphatic rings. The lowest BCUT2D eigenvalue weighted by Gasteiger charge is -2.27. The van der Waals surface area contributed by atoms with Gasteiger partial charge in [-0.1, -0.05) is 37.6 Å². The van der Waals surface area contributed by atoms with Crippen molar-refractivity contribution in [2.45, 2.75) is 32.6 Å². The van der Waals surface area contributed by atoms with Crippen LogP contribution >= 0.6 is 11.3 Å². The quantitative estimate of drug-likeness (QED) is 0.295. The van der Waals surface area contributed by atoms with E-state index in [4.69, 9.17) is 24.7 Å². The molecule has 40 heavy (non-hydrogen) atoms. The standard InChI is InChI=1S/C30H32N2O7S/c1-5-7-16-39-29(34)24-23(19-10-14-21(37-4)15-11-19)25(30(35)38-6-2)28-32(26(24)31)27(33)22(40-28)17-18-8-12-20(36-3)13-9-18/h8-15,17,23H,5-7,16,31H2,1-4H3/b22-17-/t23-/m1/s1. The molecule has 2 heterocycles. The molecule has 0 radical (unpaired) electrons. The number of hydrogen-bond donors (Lipinski definition) is 1. The third-order valence-electron chi connectivity index (χ3n) is 6.46. The minimum atomic E-state index is -0.925. The van der Waals surface area contributed by atoms with Crippen molar-refractivity contribution in [3.05, 3.63) is 84.8 Å². The highest BCUT2D eigenvalue weighted by Gasteiger charge is 2.40. The minimum Gasteiger partial charge on any atom is -0.497 e. The number of carbonyl (C=O) groups is 2. The van der Waals surface area contributed by atoms with Crippen LogP contribution in [-0.4, -0.2) is 43.9 Å². The van der Waals surface area contributed by atoms with Gasteiger partial charge in [-0.25, -0.2) is 9.59 Å². The van der Waals surface area contributed by atoms with Gasteiger partial charge in [0.2, 0.25) is 0 Å². The maximum Gasteiger partial charge on any atom is 0.338 e. The molecule has 1 aromatic heterocycles. The van der Waals surface area contributed by atoms with Crippen LogP contribution in [0.4, 0.5) is 0 Å². The molecule has 0 unspecified atom stereocenters. The average molecular weight is 565 g/mol. The van der Waals surface area contributed by atoms with E-state index in [2.05, 4.69) is 0 Å². The number of hydrogen-bond acceptors (Lipinski definition) is 9. The normalized spacial score (nSPS) is 15.1. The first-order chi connectivity index (χ1) is 19.3. The maximum atomic E-state index is 13.7. The number of carbonyl (C=O) groups excluding carboxylic acids is 2. The second kappa shape index (κ2) is 12.7. The summed E-state index contributed by atoms with van der Waals surface area (Å²) < 4.78 is 23.4. The predicted octanol–water partition coefficient (Wildman–Crippen LogP) is 2.74. The van der Waals surface area contributed by atoms with Crippen molar-refractivity contribution in [2.24, 2.45) is 5.73 Å². The Hall–Kier alpha value is -4.31. The van der Waals surface area contributed by atoms with Crippen LogP contribution in [-0.2, 0) is 19.1 Å². The van der Waals surface area contributed by atoms with Gasteiger partial charge in [-0.2, -0.15) is 0 Å². The number of nitrogens with two attached hydrogens (primary N) is 1. The van der Waals surface area contributed by atoms with Gasteiger partial charge in [0, 0.05) is 0 Å². The molecule has 9 nitrogen and oxygen atoms in total. The zero-order chi connectivity index (χ0) is 28.8. The summed E-state index contributed by atoms with van der Waals surface area (Å²) >= 11 is 1.11. The van der Waals surface area contributed by atoms with Gasteiger partial charge < -0.3 is 24.7 Å². The van der Waals surface area contributed by atoms with E-state index in [-0.39, 0.29) is 30.2 Å². The summed E-state index contributed by atoms with van der Waals surface area (Å²) in [7, 11) is 3.12. The number of unbranched alkanes of at least 4 members (excludes halogenated alkanes) is 1. The van der Waals surface area contributed by atoms with Gasteiger partial charge in [-0.05, 0) is 54.8 Å². The van der Waals surface area contributed by atoms with E-state index in [0.29, 0.717) is 32.7 Å². The van der Waals surface area contributed by atoms with Crippen molar-refractivity contribution in [3.63, 3.8) is 0 Å². The molecule has 0 saturated heterocycles. The molecule has 0 bridgehead atoms. The molecule has 4 rings (SSSR count). The van der Waals surface area contributed by atoms with Crippen LogP contribution in [0.3, 0.4) is 0 Å². The van der Waals surface area contributed by atoms with Crippen LogP contribution in [0.15, 0.2) is 58.9 Å². The summed E-state index contributed by atoms with van der Waals surface area (Å²) in [5.74, 6) is -1.07. The molecular weight excluding hydrogens is 532 g/mol. The Morgan fingerprint density at radius 1 is 0.925 bits per heavy atom. The Bertz CT molecular complexity index is 1600. The molecule has 0 fully saturated rings. The van der Waals surface area contributed by atoms with Gasteiger partial charge >= 0.3 is 11.9 Å². The summed E-state index contributed by atoms with van der Waals surface area (Å²) in [6.07, 6.45) is 3.18. The number of aromatic nitrogens is 1. The second-order valence-corrected chi connectivity index (χ2v) is 9.99. The van der Waals surface area contributed by atoms with E-state index in [1.54, 1.807) is 63.6 Å². The first-order valence-electron chi connectivity index (χ1n) is 12.9. The van der Waals surface area contributed by atoms with Crippen molar-refractivity contribution < 1.29 is 28.5 Å². The fourth-order valence-corrected chi connectivity index (χ4v) is 5.59. The Balaban J connectivity index is 2.02. The largest absolute Gasteiger partial charge is 0.497 e. The van der Waals surface area contributed by atoms with E-state index in [9.17, 15) is 14.4 Å². The van der Waals surface area contributed by atoms with Gasteiger partial charge in [0.15, 0.2) is 0 Å². The summed E-state index contributed by atoms with van der Waals surface area (Å²) in [5, 5.41) is 0. The van der Waals surface area contributed by atoms with Crippen molar-refractivity contribution in [3.8, 4) is 11.5 Å². The van der Waals surface area contributed by atoms with Crippen molar-refractivity contribution >= 4 is 40.7 Å². The fourth-order valence-electron chi connectivity index (χ4n) is 4.42. The van der Waals surface area contributed by atoms with E-state index >= 15 is 0 Å². The van der Waals surface area contributed by atoms with Gasteiger partial charge in [-0.3, -0.25) is 9.36 Å². The Morgan fingerprint density at radius 2 is 1.52 bits per heavy atom. The number of fused-ring (bicyclic) bond motifs is 1. The average Bonchev–Trinajstić information content (AvgIpc) is 3.28. The zero-order valence-electron chi connectivity index (χ0n) is 22.9. The Kier molecular flexibility index (Phi) is 9.11. The zero-order valence-corrected chi connectivity index (χ0v) is 23.7. The lowest BCUT2D eigenvalue weighted by molar-refractivity contribution is -0.139. The van der Waals surface area contributed by atoms with Crippen molar-refractivity contribution in [1.82, 2.24) is 4.57 Å². The van der Waals surface area contributed by atoms with Gasteiger partial charge in [-0.15, -0.1) is 11.3 Å². The maximum absolute atomic E-state index is 13.7. The first-order valence-corrected chi connectivity index (χ1v) is 13.8. The number of esters is 2. The molecular formula is C30H32N2O7S. The Labute approximate surface area is 235 Å². The van der Waals surface area contributed by atoms with Crippen LogP contribution < -0.4 is 30.0 Å².